The molecule has 0 aromatic heterocycles. The van der Waals surface area contributed by atoms with E-state index in [-0.39, 0.29) is 24.5 Å². The molecule has 107 valence electrons. The van der Waals surface area contributed by atoms with E-state index in [1.54, 1.807) is 0 Å². The zero-order valence-corrected chi connectivity index (χ0v) is 10.8. The Bertz CT molecular complexity index is 168. The van der Waals surface area contributed by atoms with Crippen LogP contribution in [-0.4, -0.2) is 34.7 Å². The summed E-state index contributed by atoms with van der Waals surface area (Å²) in [6.07, 6.45) is 10.0. The number of allylic oxidation sites excluding steroid dienone is 4. The second-order valence-corrected chi connectivity index (χ2v) is 1.28. The van der Waals surface area contributed by atoms with E-state index < -0.39 is 0 Å². The van der Waals surface area contributed by atoms with Crippen LogP contribution in [0.5, 0.6) is 0 Å². The van der Waals surface area contributed by atoms with Gasteiger partial charge in [-0.3, -0.25) is 12.7 Å². The first kappa shape index (κ1) is 36.0. The Labute approximate surface area is 118 Å². The fraction of sp³-hybridized carbons (Fsp3) is 0.0909. The molecule has 0 bridgehead atoms. The van der Waals surface area contributed by atoms with Crippen LogP contribution < -0.4 is 0 Å². The number of hydrogen-bond acceptors (Lipinski definition) is 3. The van der Waals surface area contributed by atoms with Gasteiger partial charge in [-0.05, 0) is 0 Å². The van der Waals surface area contributed by atoms with Gasteiger partial charge in [0.1, 0.15) is 0 Å². The summed E-state index contributed by atoms with van der Waals surface area (Å²) in [4.78, 5) is 24.7. The monoisotopic (exact) mass is 297 g/mol. The van der Waals surface area contributed by atoms with Crippen LogP contribution in [0.25, 0.3) is 0 Å². The summed E-state index contributed by atoms with van der Waals surface area (Å²) in [7, 11) is 0. The van der Waals surface area contributed by atoms with Gasteiger partial charge in [0.2, 0.25) is 0 Å². The van der Waals surface area contributed by atoms with Gasteiger partial charge in [0, 0.05) is 17.1 Å². The molecule has 0 aromatic rings. The van der Waals surface area contributed by atoms with Crippen LogP contribution in [0.2, 0.25) is 0 Å². The van der Waals surface area contributed by atoms with Crippen molar-refractivity contribution in [2.24, 2.45) is 0 Å². The SMILES string of the molecule is O=[C-]O.O=[C-]O.O=[C-]O.[C-]1=CC=CC1.[CH-]=C.[CH3-].[Mn]. The van der Waals surface area contributed by atoms with Crippen molar-refractivity contribution in [1.82, 2.24) is 0 Å². The van der Waals surface area contributed by atoms with Gasteiger partial charge >= 0.3 is 0 Å². The summed E-state index contributed by atoms with van der Waals surface area (Å²) in [5.74, 6) is 0. The zero-order valence-electron chi connectivity index (χ0n) is 9.67. The summed E-state index contributed by atoms with van der Waals surface area (Å²) in [6, 6.07) is 0. The fourth-order valence-corrected chi connectivity index (χ4v) is 0.340. The minimum absolute atomic E-state index is 0. The van der Waals surface area contributed by atoms with Gasteiger partial charge in [-0.15, -0.1) is 6.42 Å². The van der Waals surface area contributed by atoms with Gasteiger partial charge in [0.25, 0.3) is 0 Å². The molecule has 1 rings (SSSR count). The van der Waals surface area contributed by atoms with Crippen molar-refractivity contribution in [2.45, 2.75) is 6.42 Å². The summed E-state index contributed by atoms with van der Waals surface area (Å²) in [5.41, 5.74) is 0. The standard InChI is InChI=1S/C5H5.C2H3.3CHO2.CH3.Mn/c1-2-4-5-3-1;1-2;3*2-1-3;;/h1-3H,4H2;1H,2H2;3*(H,2,3);1H3;/q6*-1;. The Morgan fingerprint density at radius 1 is 1.06 bits per heavy atom. The van der Waals surface area contributed by atoms with Crippen LogP contribution in [-0.2, 0) is 31.5 Å². The van der Waals surface area contributed by atoms with E-state index in [4.69, 9.17) is 29.7 Å². The van der Waals surface area contributed by atoms with E-state index in [0.29, 0.717) is 19.4 Å². The third-order valence-corrected chi connectivity index (χ3v) is 0.586. The van der Waals surface area contributed by atoms with Crippen molar-refractivity contribution in [2.75, 3.05) is 0 Å². The average Bonchev–Trinajstić information content (AvgIpc) is 2.81. The molecule has 3 N–H and O–H groups in total. The maximum atomic E-state index is 8.24. The second kappa shape index (κ2) is 80.2. The Morgan fingerprint density at radius 3 is 1.39 bits per heavy atom. The first-order chi connectivity index (χ1) is 7.74. The molecule has 7 heteroatoms. The smallest absolute Gasteiger partial charge is 0 e. The van der Waals surface area contributed by atoms with E-state index in [9.17, 15) is 0 Å². The molecule has 0 spiro atoms. The minimum Gasteiger partial charge on any atom is -0.665 e. The molecule has 0 saturated heterocycles. The molecule has 18 heavy (non-hydrogen) atoms. The molecule has 0 saturated carbocycles. The molecule has 0 unspecified atom stereocenters. The maximum Gasteiger partial charge on any atom is 0 e. The van der Waals surface area contributed by atoms with Gasteiger partial charge in [-0.25, -0.2) is 12.2 Å². The third kappa shape index (κ3) is 247. The van der Waals surface area contributed by atoms with Crippen LogP contribution in [0.3, 0.4) is 0 Å². The molecule has 0 heterocycles. The fourth-order valence-electron chi connectivity index (χ4n) is 0.340. The van der Waals surface area contributed by atoms with Crippen LogP contribution >= 0.6 is 0 Å². The van der Waals surface area contributed by atoms with E-state index >= 15 is 0 Å². The molecular formula is C11H14MnO6-6. The Balaban J connectivity index is -0.0000000254. The first-order valence-corrected chi connectivity index (χ1v) is 3.41. The largest absolute Gasteiger partial charge is 0.665 e. The third-order valence-electron chi connectivity index (χ3n) is 0.586. The summed E-state index contributed by atoms with van der Waals surface area (Å²) in [5, 5.41) is 20.3. The van der Waals surface area contributed by atoms with Gasteiger partial charge in [-0.2, -0.15) is 6.08 Å². The van der Waals surface area contributed by atoms with Crippen molar-refractivity contribution >= 4 is 19.4 Å². The topological polar surface area (TPSA) is 112 Å². The molecular weight excluding hydrogens is 283 g/mol. The van der Waals surface area contributed by atoms with Crippen molar-refractivity contribution in [3.63, 3.8) is 0 Å². The van der Waals surface area contributed by atoms with Gasteiger partial charge < -0.3 is 43.7 Å². The quantitative estimate of drug-likeness (QED) is 0.457. The maximum absolute atomic E-state index is 8.24. The predicted molar refractivity (Wildman–Crippen MR) is 62.9 cm³/mol. The molecule has 0 amide bonds. The molecule has 0 aromatic carbocycles. The first-order valence-electron chi connectivity index (χ1n) is 3.41. The van der Waals surface area contributed by atoms with Crippen molar-refractivity contribution in [1.29, 1.82) is 0 Å². The molecule has 1 aliphatic carbocycles. The second-order valence-electron chi connectivity index (χ2n) is 1.28. The summed E-state index contributed by atoms with van der Waals surface area (Å²) >= 11 is 0. The van der Waals surface area contributed by atoms with E-state index in [0.717, 1.165) is 6.42 Å². The van der Waals surface area contributed by atoms with Crippen molar-refractivity contribution < 1.29 is 46.8 Å². The number of rotatable bonds is 0. The normalized spacial score (nSPS) is 7.11. The molecule has 0 aliphatic heterocycles. The van der Waals surface area contributed by atoms with E-state index in [2.05, 4.69) is 25.3 Å². The van der Waals surface area contributed by atoms with E-state index in [1.807, 2.05) is 12.2 Å². The van der Waals surface area contributed by atoms with Crippen LogP contribution in [0.15, 0.2) is 24.8 Å². The number of aliphatic hydroxyl groups excluding tert-OH is 3. The minimum atomic E-state index is 0. The molecule has 6 nitrogen and oxygen atoms in total. The molecule has 0 fully saturated rings. The summed E-state index contributed by atoms with van der Waals surface area (Å²) in [6.45, 7) is 8.50. The van der Waals surface area contributed by atoms with Crippen LogP contribution in [0.1, 0.15) is 6.42 Å². The van der Waals surface area contributed by atoms with E-state index in [1.165, 1.54) is 0 Å². The molecule has 1 radical (unpaired) electrons. The van der Waals surface area contributed by atoms with Crippen LogP contribution in [0, 0.1) is 20.1 Å². The summed E-state index contributed by atoms with van der Waals surface area (Å²) < 4.78 is 0. The van der Waals surface area contributed by atoms with Crippen molar-refractivity contribution in [3.8, 4) is 0 Å². The zero-order chi connectivity index (χ0) is 13.7. The van der Waals surface area contributed by atoms with Crippen molar-refractivity contribution in [3.05, 3.63) is 44.9 Å². The Hall–Kier alpha value is -1.85. The molecule has 1 aliphatic rings. The average molecular weight is 297 g/mol. The predicted octanol–water partition coefficient (Wildman–Crippen LogP) is 1.19. The Kier molecular flexibility index (Phi) is 160. The van der Waals surface area contributed by atoms with Gasteiger partial charge in [0.15, 0.2) is 0 Å². The van der Waals surface area contributed by atoms with Gasteiger partial charge in [-0.1, -0.05) is 19.4 Å². The van der Waals surface area contributed by atoms with Gasteiger partial charge in [0.05, 0.1) is 0 Å². The molecule has 0 atom stereocenters. The Morgan fingerprint density at radius 2 is 1.33 bits per heavy atom. The van der Waals surface area contributed by atoms with Crippen LogP contribution in [0.4, 0.5) is 0 Å². The number of hydrogen-bond donors (Lipinski definition) is 3.